The van der Waals surface area contributed by atoms with E-state index in [9.17, 15) is 24.3 Å². The number of aliphatic hydroxyl groups excluding tert-OH is 1. The van der Waals surface area contributed by atoms with E-state index in [1.54, 1.807) is 24.0 Å². The van der Waals surface area contributed by atoms with Crippen molar-refractivity contribution < 1.29 is 33.8 Å². The average Bonchev–Trinajstić information content (AvgIpc) is 3.73. The van der Waals surface area contributed by atoms with Crippen molar-refractivity contribution >= 4 is 56.1 Å². The summed E-state index contributed by atoms with van der Waals surface area (Å²) in [5.74, 6) is -3.61. The topological polar surface area (TPSA) is 125 Å². The van der Waals surface area contributed by atoms with Gasteiger partial charge in [0, 0.05) is 23.5 Å². The fourth-order valence-corrected chi connectivity index (χ4v) is 8.74. The molecule has 3 amide bonds. The van der Waals surface area contributed by atoms with E-state index in [0.29, 0.717) is 18.5 Å². The Hall–Kier alpha value is -4.32. The quantitative estimate of drug-likeness (QED) is 0.137. The zero-order valence-electron chi connectivity index (χ0n) is 28.0. The van der Waals surface area contributed by atoms with Crippen LogP contribution in [0.15, 0.2) is 98.1 Å². The van der Waals surface area contributed by atoms with Gasteiger partial charge in [-0.15, -0.1) is 13.2 Å². The second kappa shape index (κ2) is 14.9. The highest BCUT2D eigenvalue weighted by atomic mass is 79.9. The molecule has 2 N–H and O–H groups in total. The molecule has 11 heteroatoms. The number of carbonyl (C=O) groups excluding carboxylic acids is 4. The third-order valence-corrected chi connectivity index (χ3v) is 11.0. The molecular weight excluding hydrogens is 702 g/mol. The lowest BCUT2D eigenvalue weighted by Gasteiger charge is -2.38. The molecule has 10 nitrogen and oxygen atoms in total. The Morgan fingerprint density at radius 3 is 2.52 bits per heavy atom. The Morgan fingerprint density at radius 1 is 1.10 bits per heavy atom. The zero-order valence-corrected chi connectivity index (χ0v) is 29.5. The van der Waals surface area contributed by atoms with Crippen molar-refractivity contribution in [1.29, 1.82) is 0 Å². The molecule has 3 saturated heterocycles. The maximum absolute atomic E-state index is 14.9. The van der Waals surface area contributed by atoms with Crippen LogP contribution in [0.5, 0.6) is 0 Å². The molecule has 1 spiro atoms. The summed E-state index contributed by atoms with van der Waals surface area (Å²) < 4.78 is 12.2. The van der Waals surface area contributed by atoms with E-state index >= 15 is 0 Å². The molecule has 0 aromatic heterocycles. The van der Waals surface area contributed by atoms with Crippen molar-refractivity contribution in [2.45, 2.75) is 60.8 Å². The number of halogens is 1. The smallest absolute Gasteiger partial charge is 0.306 e. The molecule has 3 aromatic rings. The van der Waals surface area contributed by atoms with Crippen LogP contribution in [-0.2, 0) is 28.7 Å². The normalized spacial score (nSPS) is 26.3. The molecule has 8 atom stereocenters. The van der Waals surface area contributed by atoms with Gasteiger partial charge in [-0.05, 0) is 48.2 Å². The van der Waals surface area contributed by atoms with E-state index in [4.69, 9.17) is 9.47 Å². The first kappa shape index (κ1) is 35.5. The first-order valence-electron chi connectivity index (χ1n) is 16.9. The monoisotopic (exact) mass is 743 g/mol. The number of nitrogens with one attached hydrogen (secondary N) is 1. The Bertz CT molecular complexity index is 1790. The van der Waals surface area contributed by atoms with Gasteiger partial charge >= 0.3 is 5.97 Å². The number of esters is 1. The van der Waals surface area contributed by atoms with Gasteiger partial charge in [-0.3, -0.25) is 19.2 Å². The Kier molecular flexibility index (Phi) is 10.6. The summed E-state index contributed by atoms with van der Waals surface area (Å²) in [6.07, 6.45) is 3.50. The number of ether oxygens (including phenoxy) is 2. The van der Waals surface area contributed by atoms with E-state index in [2.05, 4.69) is 34.4 Å². The third-order valence-electron chi connectivity index (χ3n) is 10.1. The number of fused-ring (bicyclic) bond motifs is 2. The van der Waals surface area contributed by atoms with Gasteiger partial charge in [-0.1, -0.05) is 88.7 Å². The van der Waals surface area contributed by atoms with Gasteiger partial charge < -0.3 is 29.7 Å². The standard InChI is InChI=1S/C39H42BrN3O7/c1-4-6-16-31(45)49-23-30(26-13-8-7-9-14-26)41-36(46)32-33-37(47)43(24(3)22-44)35(39(33)21-29(40)34(32)50-39)38(48)42(19-5-2)28-18-17-25-12-10-11-15-27(25)20-28/h4-5,7-15,17-18,20,24,29-30,32-35,44H,1-2,6,16,19,21-23H2,3H3,(H,41,46)/t24-,29?,30+,32+,33-,34+,35+,39-/m1/s1. The number of anilines is 1. The lowest BCUT2D eigenvalue weighted by atomic mass is 9.70. The Balaban J connectivity index is 1.34. The summed E-state index contributed by atoms with van der Waals surface area (Å²) >= 11 is 3.73. The van der Waals surface area contributed by atoms with Gasteiger partial charge in [0.25, 0.3) is 5.91 Å². The minimum Gasteiger partial charge on any atom is -0.463 e. The molecule has 0 radical (unpaired) electrons. The van der Waals surface area contributed by atoms with Crippen molar-refractivity contribution in [3.8, 4) is 0 Å². The highest BCUT2D eigenvalue weighted by Gasteiger charge is 2.77. The van der Waals surface area contributed by atoms with Crippen LogP contribution < -0.4 is 10.2 Å². The molecule has 3 aliphatic heterocycles. The van der Waals surface area contributed by atoms with Crippen molar-refractivity contribution in [3.05, 3.63) is 104 Å². The molecule has 0 saturated carbocycles. The van der Waals surface area contributed by atoms with Crippen LogP contribution in [0.2, 0.25) is 0 Å². The first-order chi connectivity index (χ1) is 24.1. The van der Waals surface area contributed by atoms with Gasteiger partial charge in [0.2, 0.25) is 11.8 Å². The molecule has 3 fully saturated rings. The molecule has 3 heterocycles. The summed E-state index contributed by atoms with van der Waals surface area (Å²) in [7, 11) is 0. The van der Waals surface area contributed by atoms with Crippen LogP contribution in [0.1, 0.15) is 37.8 Å². The summed E-state index contributed by atoms with van der Waals surface area (Å²) in [6.45, 7) is 8.89. The highest BCUT2D eigenvalue weighted by Crippen LogP contribution is 2.60. The average molecular weight is 745 g/mol. The number of carbonyl (C=O) groups is 4. The minimum atomic E-state index is -1.34. The number of allylic oxidation sites excluding steroid dienone is 1. The zero-order chi connectivity index (χ0) is 35.6. The summed E-state index contributed by atoms with van der Waals surface area (Å²) in [4.78, 5) is 58.9. The number of amides is 3. The number of benzene rings is 3. The fourth-order valence-electron chi connectivity index (χ4n) is 7.80. The third kappa shape index (κ3) is 6.38. The van der Waals surface area contributed by atoms with Crippen LogP contribution in [0, 0.1) is 11.8 Å². The van der Waals surface area contributed by atoms with Gasteiger partial charge in [-0.2, -0.15) is 0 Å². The van der Waals surface area contributed by atoms with Crippen molar-refractivity contribution in [2.75, 3.05) is 24.7 Å². The number of alkyl halides is 1. The second-order valence-corrected chi connectivity index (χ2v) is 14.4. The van der Waals surface area contributed by atoms with Crippen molar-refractivity contribution in [2.24, 2.45) is 11.8 Å². The largest absolute Gasteiger partial charge is 0.463 e. The number of hydrogen-bond acceptors (Lipinski definition) is 7. The lowest BCUT2D eigenvalue weighted by molar-refractivity contribution is -0.146. The first-order valence-corrected chi connectivity index (χ1v) is 17.8. The number of hydrogen-bond donors (Lipinski definition) is 2. The predicted molar refractivity (Wildman–Crippen MR) is 193 cm³/mol. The van der Waals surface area contributed by atoms with Crippen molar-refractivity contribution in [1.82, 2.24) is 10.2 Å². The summed E-state index contributed by atoms with van der Waals surface area (Å²) in [6, 6.07) is 20.2. The predicted octanol–water partition coefficient (Wildman–Crippen LogP) is 4.85. The molecule has 50 heavy (non-hydrogen) atoms. The Labute approximate surface area is 300 Å². The number of aliphatic hydroxyl groups is 1. The van der Waals surface area contributed by atoms with Gasteiger partial charge in [0.1, 0.15) is 18.2 Å². The number of nitrogens with zero attached hydrogens (tertiary/aromatic N) is 2. The Morgan fingerprint density at radius 2 is 1.82 bits per heavy atom. The molecule has 3 aromatic carbocycles. The van der Waals surface area contributed by atoms with Crippen LogP contribution in [0.25, 0.3) is 10.8 Å². The highest BCUT2D eigenvalue weighted by molar-refractivity contribution is 9.09. The maximum Gasteiger partial charge on any atom is 0.306 e. The van der Waals surface area contributed by atoms with Crippen LogP contribution >= 0.6 is 15.9 Å². The van der Waals surface area contributed by atoms with Crippen LogP contribution in [0.3, 0.4) is 0 Å². The maximum atomic E-state index is 14.9. The molecule has 6 rings (SSSR count). The minimum absolute atomic E-state index is 0.109. The number of rotatable bonds is 14. The van der Waals surface area contributed by atoms with Crippen LogP contribution in [-0.4, -0.2) is 82.1 Å². The summed E-state index contributed by atoms with van der Waals surface area (Å²) in [5, 5.41) is 15.3. The van der Waals surface area contributed by atoms with E-state index < -0.39 is 59.5 Å². The van der Waals surface area contributed by atoms with Gasteiger partial charge in [-0.25, -0.2) is 0 Å². The van der Waals surface area contributed by atoms with E-state index in [1.165, 1.54) is 4.90 Å². The van der Waals surface area contributed by atoms with Gasteiger partial charge in [0.15, 0.2) is 0 Å². The molecule has 0 aliphatic carbocycles. The number of likely N-dealkylation sites (tertiary alicyclic amines) is 1. The van der Waals surface area contributed by atoms with E-state index in [-0.39, 0.29) is 36.9 Å². The second-order valence-electron chi connectivity index (χ2n) is 13.2. The SMILES string of the molecule is C=CCCC(=O)OC[C@H](NC(=O)[C@@H]1[C@H]2O[C@@]3(CC2Br)[C@H](C(=O)N(CC=C)c2ccc4ccccc4c2)N([C@H](C)CO)C(=O)[C@@H]13)c1ccccc1. The van der Waals surface area contributed by atoms with E-state index in [0.717, 1.165) is 16.3 Å². The molecule has 262 valence electrons. The summed E-state index contributed by atoms with van der Waals surface area (Å²) in [5.41, 5.74) is 0.0140. The molecular formula is C39H42BrN3O7. The fraction of sp³-hybridized carbons (Fsp3) is 0.385. The van der Waals surface area contributed by atoms with E-state index in [1.807, 2.05) is 72.8 Å². The van der Waals surface area contributed by atoms with Gasteiger partial charge in [0.05, 0.1) is 36.6 Å². The van der Waals surface area contributed by atoms with Crippen molar-refractivity contribution in [3.63, 3.8) is 0 Å². The molecule has 2 bridgehead atoms. The molecule has 1 unspecified atom stereocenters. The van der Waals surface area contributed by atoms with Crippen LogP contribution in [0.4, 0.5) is 5.69 Å². The lowest BCUT2D eigenvalue weighted by Crippen LogP contribution is -2.59. The molecule has 3 aliphatic rings.